The monoisotopic (exact) mass is 313 g/mol. The number of nitrogens with one attached hydrogen (secondary N) is 3. The molecule has 8 nitrogen and oxygen atoms in total. The number of H-pyrrole nitrogens is 1. The van der Waals surface area contributed by atoms with Gasteiger partial charge in [0.25, 0.3) is 5.56 Å². The first-order valence-corrected chi connectivity index (χ1v) is 7.55. The third kappa shape index (κ3) is 3.65. The molecule has 3 rings (SSSR count). The Labute approximate surface area is 133 Å². The summed E-state index contributed by atoms with van der Waals surface area (Å²) in [6.45, 7) is 1.58. The fourth-order valence-corrected chi connectivity index (χ4v) is 2.26. The van der Waals surface area contributed by atoms with Crippen molar-refractivity contribution >= 4 is 22.8 Å². The molecule has 0 aliphatic heterocycles. The van der Waals surface area contributed by atoms with Crippen molar-refractivity contribution in [3.05, 3.63) is 40.9 Å². The summed E-state index contributed by atoms with van der Waals surface area (Å²) in [6, 6.07) is 5.78. The predicted molar refractivity (Wildman–Crippen MR) is 89.6 cm³/mol. The SMILES string of the molecule is Cn1ncc2c(=O)[nH]c(NCCCCNc3ccccn3)nc21. The maximum atomic E-state index is 11.9. The van der Waals surface area contributed by atoms with Crippen molar-refractivity contribution in [1.82, 2.24) is 24.7 Å². The maximum absolute atomic E-state index is 11.9. The van der Waals surface area contributed by atoms with E-state index in [2.05, 4.69) is 30.7 Å². The van der Waals surface area contributed by atoms with Crippen LogP contribution >= 0.6 is 0 Å². The van der Waals surface area contributed by atoms with Gasteiger partial charge in [0.05, 0.1) is 6.20 Å². The van der Waals surface area contributed by atoms with Gasteiger partial charge in [0.1, 0.15) is 11.2 Å². The highest BCUT2D eigenvalue weighted by Crippen LogP contribution is 2.07. The predicted octanol–water partition coefficient (Wildman–Crippen LogP) is 1.36. The van der Waals surface area contributed by atoms with Crippen molar-refractivity contribution in [1.29, 1.82) is 0 Å². The fourth-order valence-electron chi connectivity index (χ4n) is 2.26. The van der Waals surface area contributed by atoms with E-state index >= 15 is 0 Å². The lowest BCUT2D eigenvalue weighted by molar-refractivity contribution is 0.777. The quantitative estimate of drug-likeness (QED) is 0.569. The minimum absolute atomic E-state index is 0.178. The Balaban J connectivity index is 1.46. The number of nitrogens with zero attached hydrogens (tertiary/aromatic N) is 4. The molecular formula is C15H19N7O. The van der Waals surface area contributed by atoms with E-state index in [1.165, 1.54) is 6.20 Å². The van der Waals surface area contributed by atoms with E-state index in [1.54, 1.807) is 17.9 Å². The van der Waals surface area contributed by atoms with Crippen molar-refractivity contribution in [2.24, 2.45) is 7.05 Å². The number of rotatable bonds is 7. The molecule has 3 N–H and O–H groups in total. The minimum Gasteiger partial charge on any atom is -0.370 e. The maximum Gasteiger partial charge on any atom is 0.263 e. The lowest BCUT2D eigenvalue weighted by atomic mass is 10.3. The molecule has 0 fully saturated rings. The van der Waals surface area contributed by atoms with E-state index in [0.29, 0.717) is 17.0 Å². The molecule has 0 atom stereocenters. The second kappa shape index (κ2) is 6.91. The number of aromatic nitrogens is 5. The molecule has 0 aliphatic rings. The van der Waals surface area contributed by atoms with Gasteiger partial charge in [-0.3, -0.25) is 14.5 Å². The van der Waals surface area contributed by atoms with Crippen LogP contribution in [0.15, 0.2) is 35.4 Å². The number of hydrogen-bond donors (Lipinski definition) is 3. The zero-order valence-electron chi connectivity index (χ0n) is 12.9. The first-order valence-electron chi connectivity index (χ1n) is 7.55. The number of fused-ring (bicyclic) bond motifs is 1. The van der Waals surface area contributed by atoms with Gasteiger partial charge in [-0.05, 0) is 25.0 Å². The number of pyridine rings is 1. The van der Waals surface area contributed by atoms with E-state index in [0.717, 1.165) is 31.7 Å². The second-order valence-electron chi connectivity index (χ2n) is 5.20. The summed E-state index contributed by atoms with van der Waals surface area (Å²) in [4.78, 5) is 23.2. The molecule has 3 aromatic rings. The molecule has 0 bridgehead atoms. The zero-order valence-corrected chi connectivity index (χ0v) is 12.9. The Morgan fingerprint density at radius 1 is 1.22 bits per heavy atom. The first kappa shape index (κ1) is 15.0. The molecule has 3 heterocycles. The van der Waals surface area contributed by atoms with E-state index in [4.69, 9.17) is 0 Å². The summed E-state index contributed by atoms with van der Waals surface area (Å²) in [6.07, 6.45) is 5.23. The van der Waals surface area contributed by atoms with Crippen LogP contribution in [0, 0.1) is 0 Å². The molecule has 0 aliphatic carbocycles. The number of aromatic amines is 1. The molecule has 0 aromatic carbocycles. The van der Waals surface area contributed by atoms with Gasteiger partial charge < -0.3 is 10.6 Å². The van der Waals surface area contributed by atoms with Crippen molar-refractivity contribution in [3.63, 3.8) is 0 Å². The summed E-state index contributed by atoms with van der Waals surface area (Å²) in [5.74, 6) is 1.36. The highest BCUT2D eigenvalue weighted by molar-refractivity contribution is 5.74. The van der Waals surface area contributed by atoms with Crippen LogP contribution in [0.1, 0.15) is 12.8 Å². The molecule has 120 valence electrons. The normalized spacial score (nSPS) is 10.8. The van der Waals surface area contributed by atoms with Crippen LogP contribution in [0.4, 0.5) is 11.8 Å². The molecule has 3 aromatic heterocycles. The number of unbranched alkanes of at least 4 members (excludes halogenated alkanes) is 1. The molecule has 0 saturated heterocycles. The van der Waals surface area contributed by atoms with Crippen LogP contribution in [0.25, 0.3) is 11.0 Å². The molecule has 0 radical (unpaired) electrons. The Bertz CT molecular complexity index is 825. The van der Waals surface area contributed by atoms with Gasteiger partial charge in [0, 0.05) is 26.3 Å². The van der Waals surface area contributed by atoms with Gasteiger partial charge >= 0.3 is 0 Å². The number of aryl methyl sites for hydroxylation is 1. The second-order valence-corrected chi connectivity index (χ2v) is 5.20. The van der Waals surface area contributed by atoms with E-state index in [1.807, 2.05) is 18.2 Å². The highest BCUT2D eigenvalue weighted by atomic mass is 16.1. The standard InChI is InChI=1S/C15H19N7O/c1-22-13-11(10-19-22)14(23)21-15(20-13)18-9-5-4-8-17-12-6-2-3-7-16-12/h2-3,6-7,10H,4-5,8-9H2,1H3,(H,16,17)(H2,18,20,21,23). The molecule has 0 amide bonds. The van der Waals surface area contributed by atoms with Crippen LogP contribution in [0.3, 0.4) is 0 Å². The lowest BCUT2D eigenvalue weighted by Crippen LogP contribution is -2.14. The number of anilines is 2. The van der Waals surface area contributed by atoms with Crippen molar-refractivity contribution < 1.29 is 0 Å². The van der Waals surface area contributed by atoms with E-state index < -0.39 is 0 Å². The molecular weight excluding hydrogens is 294 g/mol. The summed E-state index contributed by atoms with van der Waals surface area (Å²) in [7, 11) is 1.77. The van der Waals surface area contributed by atoms with Crippen LogP contribution < -0.4 is 16.2 Å². The third-order valence-electron chi connectivity index (χ3n) is 3.47. The average molecular weight is 313 g/mol. The first-order chi connectivity index (χ1) is 11.2. The Kier molecular flexibility index (Phi) is 4.51. The van der Waals surface area contributed by atoms with Gasteiger partial charge in [-0.25, -0.2) is 4.98 Å². The summed E-state index contributed by atoms with van der Waals surface area (Å²) in [5, 5.41) is 10.9. The summed E-state index contributed by atoms with van der Waals surface area (Å²) >= 11 is 0. The summed E-state index contributed by atoms with van der Waals surface area (Å²) in [5.41, 5.74) is 0.399. The van der Waals surface area contributed by atoms with Crippen LogP contribution in [-0.2, 0) is 7.05 Å². The molecule has 0 spiro atoms. The average Bonchev–Trinajstić information content (AvgIpc) is 2.94. The molecule has 23 heavy (non-hydrogen) atoms. The third-order valence-corrected chi connectivity index (χ3v) is 3.47. The fraction of sp³-hybridized carbons (Fsp3) is 0.333. The molecule has 0 unspecified atom stereocenters. The van der Waals surface area contributed by atoms with Crippen LogP contribution in [-0.4, -0.2) is 37.8 Å². The van der Waals surface area contributed by atoms with Crippen LogP contribution in [0.5, 0.6) is 0 Å². The molecule has 0 saturated carbocycles. The Morgan fingerprint density at radius 3 is 2.83 bits per heavy atom. The van der Waals surface area contributed by atoms with E-state index in [-0.39, 0.29) is 5.56 Å². The smallest absolute Gasteiger partial charge is 0.263 e. The number of hydrogen-bond acceptors (Lipinski definition) is 6. The minimum atomic E-state index is -0.178. The van der Waals surface area contributed by atoms with Crippen molar-refractivity contribution in [2.45, 2.75) is 12.8 Å². The Morgan fingerprint density at radius 2 is 2.04 bits per heavy atom. The van der Waals surface area contributed by atoms with Gasteiger partial charge in [-0.2, -0.15) is 10.1 Å². The Hall–Kier alpha value is -2.90. The zero-order chi connectivity index (χ0) is 16.1. The van der Waals surface area contributed by atoms with Gasteiger partial charge in [0.15, 0.2) is 5.65 Å². The highest BCUT2D eigenvalue weighted by Gasteiger charge is 2.07. The summed E-state index contributed by atoms with van der Waals surface area (Å²) < 4.78 is 1.59. The topological polar surface area (TPSA) is 101 Å². The van der Waals surface area contributed by atoms with Gasteiger partial charge in [-0.15, -0.1) is 0 Å². The largest absolute Gasteiger partial charge is 0.370 e. The lowest BCUT2D eigenvalue weighted by Gasteiger charge is -2.07. The van der Waals surface area contributed by atoms with Crippen molar-refractivity contribution in [2.75, 3.05) is 23.7 Å². The molecule has 8 heteroatoms. The van der Waals surface area contributed by atoms with E-state index in [9.17, 15) is 4.79 Å². The van der Waals surface area contributed by atoms with Gasteiger partial charge in [0.2, 0.25) is 5.95 Å². The van der Waals surface area contributed by atoms with Crippen molar-refractivity contribution in [3.8, 4) is 0 Å². The van der Waals surface area contributed by atoms with Crippen LogP contribution in [0.2, 0.25) is 0 Å². The van der Waals surface area contributed by atoms with Gasteiger partial charge in [-0.1, -0.05) is 6.07 Å².